The molecule has 8 nitrogen and oxygen atoms in total. The van der Waals surface area contributed by atoms with Gasteiger partial charge in [0.1, 0.15) is 17.1 Å². The number of nitro benzene ring substituents is 1. The molecule has 0 saturated carbocycles. The van der Waals surface area contributed by atoms with Gasteiger partial charge < -0.3 is 10.1 Å². The number of nitrogens with one attached hydrogen (secondary N) is 1. The standard InChI is InChI=1S/C17H13F3N4O4/c1-9-15(23-8-10(17(18,19)20)3-6-14(23)21-9)16(25)22-12-7-11(24(26)27)4-5-13(12)28-2/h3-8H,1-2H3,(H,22,25). The second kappa shape index (κ2) is 6.83. The maximum absolute atomic E-state index is 13.0. The molecule has 1 N–H and O–H groups in total. The normalized spacial score (nSPS) is 11.5. The van der Waals surface area contributed by atoms with Gasteiger partial charge in [-0.1, -0.05) is 0 Å². The zero-order valence-electron chi connectivity index (χ0n) is 14.6. The third kappa shape index (κ3) is 3.46. The van der Waals surface area contributed by atoms with Crippen molar-refractivity contribution in [3.05, 3.63) is 63.6 Å². The van der Waals surface area contributed by atoms with Gasteiger partial charge in [-0.2, -0.15) is 13.2 Å². The number of amides is 1. The summed E-state index contributed by atoms with van der Waals surface area (Å²) in [5.74, 6) is -0.635. The van der Waals surface area contributed by atoms with Gasteiger partial charge in [0.05, 0.1) is 29.0 Å². The lowest BCUT2D eigenvalue weighted by atomic mass is 10.2. The topological polar surface area (TPSA) is 98.8 Å². The van der Waals surface area contributed by atoms with E-state index in [-0.39, 0.29) is 34.2 Å². The van der Waals surface area contributed by atoms with E-state index in [0.717, 1.165) is 28.8 Å². The first kappa shape index (κ1) is 19.1. The molecule has 0 saturated heterocycles. The van der Waals surface area contributed by atoms with E-state index in [1.54, 1.807) is 0 Å². The summed E-state index contributed by atoms with van der Waals surface area (Å²) in [5.41, 5.74) is -1.01. The zero-order chi connectivity index (χ0) is 20.6. The largest absolute Gasteiger partial charge is 0.495 e. The SMILES string of the molecule is COc1ccc([N+](=O)[O-])cc1NC(=O)c1c(C)nc2ccc(C(F)(F)F)cn12. The summed E-state index contributed by atoms with van der Waals surface area (Å²) >= 11 is 0. The Hall–Kier alpha value is -3.63. The van der Waals surface area contributed by atoms with E-state index in [9.17, 15) is 28.1 Å². The van der Waals surface area contributed by atoms with Crippen LogP contribution < -0.4 is 10.1 Å². The lowest BCUT2D eigenvalue weighted by Gasteiger charge is -2.11. The van der Waals surface area contributed by atoms with Crippen LogP contribution in [0, 0.1) is 17.0 Å². The van der Waals surface area contributed by atoms with Crippen LogP contribution >= 0.6 is 0 Å². The molecule has 2 heterocycles. The smallest absolute Gasteiger partial charge is 0.417 e. The highest BCUT2D eigenvalue weighted by Gasteiger charge is 2.31. The molecular weight excluding hydrogens is 381 g/mol. The summed E-state index contributed by atoms with van der Waals surface area (Å²) in [6.45, 7) is 1.47. The number of alkyl halides is 3. The fourth-order valence-electron chi connectivity index (χ4n) is 2.69. The Morgan fingerprint density at radius 2 is 2.00 bits per heavy atom. The summed E-state index contributed by atoms with van der Waals surface area (Å²) in [4.78, 5) is 27.1. The summed E-state index contributed by atoms with van der Waals surface area (Å²) in [6.07, 6.45) is -3.82. The number of carbonyl (C=O) groups is 1. The number of rotatable bonds is 4. The molecule has 3 aromatic rings. The molecule has 0 fully saturated rings. The number of aromatic nitrogens is 2. The molecule has 11 heteroatoms. The first-order valence-electron chi connectivity index (χ1n) is 7.81. The molecule has 2 aromatic heterocycles. The van der Waals surface area contributed by atoms with Crippen LogP contribution in [0.2, 0.25) is 0 Å². The van der Waals surface area contributed by atoms with Crippen molar-refractivity contribution in [3.8, 4) is 5.75 Å². The summed E-state index contributed by atoms with van der Waals surface area (Å²) in [7, 11) is 1.31. The highest BCUT2D eigenvalue weighted by atomic mass is 19.4. The molecule has 146 valence electrons. The van der Waals surface area contributed by atoms with E-state index < -0.39 is 22.6 Å². The summed E-state index contributed by atoms with van der Waals surface area (Å²) in [6, 6.07) is 5.62. The van der Waals surface area contributed by atoms with E-state index in [0.29, 0.717) is 0 Å². The minimum Gasteiger partial charge on any atom is -0.495 e. The molecule has 0 spiro atoms. The Bertz CT molecular complexity index is 1090. The lowest BCUT2D eigenvalue weighted by Crippen LogP contribution is -2.17. The van der Waals surface area contributed by atoms with Crippen molar-refractivity contribution in [2.45, 2.75) is 13.1 Å². The molecule has 28 heavy (non-hydrogen) atoms. The van der Waals surface area contributed by atoms with Gasteiger partial charge in [0.15, 0.2) is 0 Å². The Labute approximate surface area is 155 Å². The number of aryl methyl sites for hydroxylation is 1. The third-order valence-corrected chi connectivity index (χ3v) is 3.98. The highest BCUT2D eigenvalue weighted by Crippen LogP contribution is 2.31. The van der Waals surface area contributed by atoms with Gasteiger partial charge in [0.2, 0.25) is 0 Å². The predicted molar refractivity (Wildman–Crippen MR) is 92.5 cm³/mol. The van der Waals surface area contributed by atoms with Crippen LogP contribution in [-0.2, 0) is 6.18 Å². The molecule has 0 aliphatic carbocycles. The van der Waals surface area contributed by atoms with Gasteiger partial charge in [-0.05, 0) is 25.1 Å². The molecule has 0 radical (unpaired) electrons. The van der Waals surface area contributed by atoms with Crippen LogP contribution in [0.5, 0.6) is 5.75 Å². The average Bonchev–Trinajstić information content (AvgIpc) is 2.95. The van der Waals surface area contributed by atoms with Gasteiger partial charge >= 0.3 is 6.18 Å². The van der Waals surface area contributed by atoms with Crippen LogP contribution in [0.25, 0.3) is 5.65 Å². The van der Waals surface area contributed by atoms with Crippen molar-refractivity contribution < 1.29 is 27.6 Å². The average molecular weight is 394 g/mol. The minimum absolute atomic E-state index is 0.00280. The van der Waals surface area contributed by atoms with Crippen molar-refractivity contribution in [1.29, 1.82) is 0 Å². The number of methoxy groups -OCH3 is 1. The number of anilines is 1. The van der Waals surface area contributed by atoms with E-state index in [1.165, 1.54) is 26.2 Å². The maximum Gasteiger partial charge on any atom is 0.417 e. The lowest BCUT2D eigenvalue weighted by molar-refractivity contribution is -0.384. The number of fused-ring (bicyclic) bond motifs is 1. The molecule has 0 unspecified atom stereocenters. The highest BCUT2D eigenvalue weighted by molar-refractivity contribution is 6.05. The summed E-state index contributed by atoms with van der Waals surface area (Å²) < 4.78 is 45.1. The van der Waals surface area contributed by atoms with Gasteiger partial charge in [-0.15, -0.1) is 0 Å². The number of nitro groups is 1. The second-order valence-corrected chi connectivity index (χ2v) is 5.79. The molecule has 1 aromatic carbocycles. The van der Waals surface area contributed by atoms with E-state index >= 15 is 0 Å². The molecule has 0 aliphatic rings. The number of non-ortho nitro benzene ring substituents is 1. The van der Waals surface area contributed by atoms with Crippen LogP contribution in [0.1, 0.15) is 21.7 Å². The fraction of sp³-hybridized carbons (Fsp3) is 0.176. The second-order valence-electron chi connectivity index (χ2n) is 5.79. The van der Waals surface area contributed by atoms with Crippen molar-refractivity contribution >= 4 is 22.9 Å². The molecule has 0 bridgehead atoms. The Morgan fingerprint density at radius 3 is 2.61 bits per heavy atom. The molecule has 3 rings (SSSR count). The van der Waals surface area contributed by atoms with Gasteiger partial charge in [0.25, 0.3) is 11.6 Å². The van der Waals surface area contributed by atoms with E-state index in [1.807, 2.05) is 0 Å². The predicted octanol–water partition coefficient (Wildman–Crippen LogP) is 3.83. The van der Waals surface area contributed by atoms with Crippen LogP contribution in [0.4, 0.5) is 24.5 Å². The third-order valence-electron chi connectivity index (χ3n) is 3.98. The van der Waals surface area contributed by atoms with Gasteiger partial charge in [-0.25, -0.2) is 4.98 Å². The van der Waals surface area contributed by atoms with Crippen molar-refractivity contribution in [3.63, 3.8) is 0 Å². The monoisotopic (exact) mass is 394 g/mol. The number of pyridine rings is 1. The first-order chi connectivity index (χ1) is 13.1. The number of imidazole rings is 1. The van der Waals surface area contributed by atoms with Crippen molar-refractivity contribution in [2.75, 3.05) is 12.4 Å². The molecular formula is C17H13F3N4O4. The maximum atomic E-state index is 13.0. The number of halogens is 3. The first-order valence-corrected chi connectivity index (χ1v) is 7.81. The fourth-order valence-corrected chi connectivity index (χ4v) is 2.69. The van der Waals surface area contributed by atoms with Gasteiger partial charge in [0, 0.05) is 18.3 Å². The number of nitrogens with zero attached hydrogens (tertiary/aromatic N) is 3. The van der Waals surface area contributed by atoms with Crippen molar-refractivity contribution in [1.82, 2.24) is 9.38 Å². The number of hydrogen-bond donors (Lipinski definition) is 1. The Kier molecular flexibility index (Phi) is 4.67. The number of ether oxygens (including phenoxy) is 1. The number of benzene rings is 1. The molecule has 1 amide bonds. The zero-order valence-corrected chi connectivity index (χ0v) is 14.6. The Morgan fingerprint density at radius 1 is 1.29 bits per heavy atom. The van der Waals surface area contributed by atoms with Crippen LogP contribution in [0.15, 0.2) is 36.5 Å². The number of carbonyl (C=O) groups excluding carboxylic acids is 1. The van der Waals surface area contributed by atoms with Crippen molar-refractivity contribution in [2.24, 2.45) is 0 Å². The Balaban J connectivity index is 2.06. The molecule has 0 aliphatic heterocycles. The number of hydrogen-bond acceptors (Lipinski definition) is 5. The molecule has 0 atom stereocenters. The van der Waals surface area contributed by atoms with Crippen LogP contribution in [0.3, 0.4) is 0 Å². The van der Waals surface area contributed by atoms with E-state index in [4.69, 9.17) is 4.74 Å². The summed E-state index contributed by atoms with van der Waals surface area (Å²) in [5, 5.41) is 13.4. The van der Waals surface area contributed by atoms with Gasteiger partial charge in [-0.3, -0.25) is 19.3 Å². The van der Waals surface area contributed by atoms with E-state index in [2.05, 4.69) is 10.3 Å². The minimum atomic E-state index is -4.59. The van der Waals surface area contributed by atoms with Crippen LogP contribution in [-0.4, -0.2) is 27.3 Å². The quantitative estimate of drug-likeness (QED) is 0.536.